The molecular weight excluding hydrogens is 878 g/mol. The van der Waals surface area contributed by atoms with Gasteiger partial charge in [0.1, 0.15) is 12.6 Å². The first-order valence-corrected chi connectivity index (χ1v) is 29.5. The third-order valence-electron chi connectivity index (χ3n) is 12.4. The van der Waals surface area contributed by atoms with E-state index in [2.05, 4.69) is 50.3 Å². The van der Waals surface area contributed by atoms with E-state index in [9.17, 15) is 23.8 Å². The molecule has 0 aromatic rings. The quantitative estimate of drug-likeness (QED) is 0.0229. The molecule has 0 bridgehead atoms. The molecule has 0 fully saturated rings. The fourth-order valence-corrected chi connectivity index (χ4v) is 8.75. The number of unbranched alkanes of at least 4 members (excludes halogenated alkanes) is 33. The Bertz CT molecular complexity index is 1290. The van der Waals surface area contributed by atoms with Crippen LogP contribution in [0, 0.1) is 0 Å². The second kappa shape index (κ2) is 51.1. The zero-order chi connectivity index (χ0) is 49.9. The molecule has 12 heteroatoms. The summed E-state index contributed by atoms with van der Waals surface area (Å²) in [5, 5.41) is 8.94. The maximum Gasteiger partial charge on any atom is 0.472 e. The van der Waals surface area contributed by atoms with Gasteiger partial charge in [0.2, 0.25) is 0 Å². The molecule has 0 aromatic carbocycles. The molecule has 0 aromatic heterocycles. The van der Waals surface area contributed by atoms with Crippen molar-refractivity contribution in [1.82, 2.24) is 0 Å². The van der Waals surface area contributed by atoms with Crippen molar-refractivity contribution in [3.05, 3.63) is 36.5 Å². The molecule has 0 spiro atoms. The van der Waals surface area contributed by atoms with Gasteiger partial charge < -0.3 is 25.2 Å². The van der Waals surface area contributed by atoms with Gasteiger partial charge in [-0.3, -0.25) is 23.4 Å². The van der Waals surface area contributed by atoms with Gasteiger partial charge in [-0.15, -0.1) is 0 Å². The molecule has 0 heterocycles. The molecule has 3 atom stereocenters. The third-order valence-corrected chi connectivity index (χ3v) is 13.3. The molecule has 398 valence electrons. The zero-order valence-corrected chi connectivity index (χ0v) is 44.6. The Morgan fingerprint density at radius 1 is 0.456 bits per heavy atom. The fourth-order valence-electron chi connectivity index (χ4n) is 7.98. The van der Waals surface area contributed by atoms with Crippen LogP contribution in [-0.2, 0) is 37.5 Å². The summed E-state index contributed by atoms with van der Waals surface area (Å²) < 4.78 is 32.9. The molecule has 4 N–H and O–H groups in total. The predicted molar refractivity (Wildman–Crippen MR) is 282 cm³/mol. The second-order valence-electron chi connectivity index (χ2n) is 19.1. The smallest absolute Gasteiger partial charge is 0.472 e. The summed E-state index contributed by atoms with van der Waals surface area (Å²) in [6.07, 6.45) is 59.2. The maximum atomic E-state index is 12.7. The lowest BCUT2D eigenvalue weighted by atomic mass is 10.0. The van der Waals surface area contributed by atoms with Gasteiger partial charge in [-0.25, -0.2) is 4.57 Å². The van der Waals surface area contributed by atoms with Crippen molar-refractivity contribution in [1.29, 1.82) is 0 Å². The van der Waals surface area contributed by atoms with E-state index in [-0.39, 0.29) is 19.4 Å². The van der Waals surface area contributed by atoms with Crippen LogP contribution < -0.4 is 5.73 Å². The standard InChI is InChI=1S/C56H104NO10P/c1-3-5-7-9-11-13-15-17-19-21-23-25-26-28-29-31-33-35-37-39-41-43-45-47-54(58)64-49-52(50-65-68(62,63)66-51-53(57)56(60)61)67-55(59)48-46-44-42-40-38-36-34-32-30-27-24-22-20-18-16-14-12-10-8-6-4-2/h16,18,21-24,52-53H,3-15,17,19-20,25-51,57H2,1-2H3,(H,60,61)(H,62,63)/b18-16-,23-21-,24-22-. The summed E-state index contributed by atoms with van der Waals surface area (Å²) in [6, 6.07) is -1.52. The highest BCUT2D eigenvalue weighted by atomic mass is 31.2. The summed E-state index contributed by atoms with van der Waals surface area (Å²) in [5.74, 6) is -2.37. The number of carbonyl (C=O) groups excluding carboxylic acids is 2. The van der Waals surface area contributed by atoms with Gasteiger partial charge in [0.25, 0.3) is 0 Å². The Hall–Kier alpha value is -2.30. The van der Waals surface area contributed by atoms with Gasteiger partial charge >= 0.3 is 25.7 Å². The third kappa shape index (κ3) is 50.1. The number of nitrogens with two attached hydrogens (primary N) is 1. The predicted octanol–water partition coefficient (Wildman–Crippen LogP) is 16.3. The molecule has 0 aliphatic carbocycles. The van der Waals surface area contributed by atoms with Crippen molar-refractivity contribution in [2.45, 2.75) is 283 Å². The van der Waals surface area contributed by atoms with Crippen LogP contribution in [0.4, 0.5) is 0 Å². The number of allylic oxidation sites excluding steroid dienone is 6. The van der Waals surface area contributed by atoms with E-state index < -0.39 is 51.1 Å². The molecule has 0 rings (SSSR count). The molecule has 0 radical (unpaired) electrons. The largest absolute Gasteiger partial charge is 0.480 e. The summed E-state index contributed by atoms with van der Waals surface area (Å²) in [7, 11) is -4.73. The van der Waals surface area contributed by atoms with Crippen LogP contribution in [0.3, 0.4) is 0 Å². The van der Waals surface area contributed by atoms with Gasteiger partial charge in [-0.1, -0.05) is 224 Å². The number of hydrogen-bond acceptors (Lipinski definition) is 9. The number of phosphoric ester groups is 1. The maximum absolute atomic E-state index is 12.7. The number of aliphatic carboxylic acids is 1. The van der Waals surface area contributed by atoms with E-state index in [0.717, 1.165) is 51.4 Å². The lowest BCUT2D eigenvalue weighted by Gasteiger charge is -2.20. The molecule has 11 nitrogen and oxygen atoms in total. The van der Waals surface area contributed by atoms with Gasteiger partial charge in [0.05, 0.1) is 13.2 Å². The van der Waals surface area contributed by atoms with Crippen molar-refractivity contribution < 1.29 is 47.5 Å². The summed E-state index contributed by atoms with van der Waals surface area (Å²) >= 11 is 0. The number of esters is 2. The minimum atomic E-state index is -4.73. The molecule has 0 saturated heterocycles. The lowest BCUT2D eigenvalue weighted by Crippen LogP contribution is -2.34. The van der Waals surface area contributed by atoms with Crippen molar-refractivity contribution in [2.75, 3.05) is 19.8 Å². The van der Waals surface area contributed by atoms with Crippen LogP contribution >= 0.6 is 7.82 Å². The number of rotatable bonds is 53. The van der Waals surface area contributed by atoms with Gasteiger partial charge in [-0.2, -0.15) is 0 Å². The van der Waals surface area contributed by atoms with E-state index in [0.29, 0.717) is 12.8 Å². The number of carboxylic acids is 1. The highest BCUT2D eigenvalue weighted by Crippen LogP contribution is 2.43. The number of phosphoric acid groups is 1. The zero-order valence-electron chi connectivity index (χ0n) is 43.7. The van der Waals surface area contributed by atoms with E-state index in [1.807, 2.05) is 0 Å². The Morgan fingerprint density at radius 2 is 0.779 bits per heavy atom. The Balaban J connectivity index is 4.18. The van der Waals surface area contributed by atoms with Crippen LogP contribution in [0.25, 0.3) is 0 Å². The first kappa shape index (κ1) is 65.7. The molecule has 0 aliphatic heterocycles. The summed E-state index contributed by atoms with van der Waals surface area (Å²) in [6.45, 7) is 2.84. The fraction of sp³-hybridized carbons (Fsp3) is 0.839. The van der Waals surface area contributed by atoms with Gasteiger partial charge in [-0.05, 0) is 70.6 Å². The molecule has 68 heavy (non-hydrogen) atoms. The Labute approximate surface area is 416 Å². The van der Waals surface area contributed by atoms with E-state index in [1.54, 1.807) is 0 Å². The van der Waals surface area contributed by atoms with Crippen LogP contribution in [-0.4, -0.2) is 59.9 Å². The van der Waals surface area contributed by atoms with Crippen molar-refractivity contribution in [3.8, 4) is 0 Å². The number of carbonyl (C=O) groups is 3. The van der Waals surface area contributed by atoms with Crippen LogP contribution in [0.2, 0.25) is 0 Å². The van der Waals surface area contributed by atoms with E-state index >= 15 is 0 Å². The van der Waals surface area contributed by atoms with E-state index in [4.69, 9.17) is 29.4 Å². The molecular formula is C56H104NO10P. The average molecular weight is 982 g/mol. The minimum Gasteiger partial charge on any atom is -0.480 e. The van der Waals surface area contributed by atoms with Gasteiger partial charge in [0.15, 0.2) is 6.10 Å². The highest BCUT2D eigenvalue weighted by Gasteiger charge is 2.28. The van der Waals surface area contributed by atoms with Crippen LogP contribution in [0.15, 0.2) is 36.5 Å². The number of ether oxygens (including phenoxy) is 2. The Morgan fingerprint density at radius 3 is 1.16 bits per heavy atom. The first-order valence-electron chi connectivity index (χ1n) is 28.0. The van der Waals surface area contributed by atoms with Crippen molar-refractivity contribution in [2.24, 2.45) is 5.73 Å². The summed E-state index contributed by atoms with van der Waals surface area (Å²) in [5.41, 5.74) is 5.36. The summed E-state index contributed by atoms with van der Waals surface area (Å²) in [4.78, 5) is 46.3. The van der Waals surface area contributed by atoms with E-state index in [1.165, 1.54) is 180 Å². The monoisotopic (exact) mass is 982 g/mol. The molecule has 0 saturated carbocycles. The Kier molecular flexibility index (Phi) is 49.3. The number of hydrogen-bond donors (Lipinski definition) is 3. The normalized spacial score (nSPS) is 13.7. The number of carboxylic acid groups (broad SMARTS) is 1. The first-order chi connectivity index (χ1) is 33.1. The van der Waals surface area contributed by atoms with Crippen LogP contribution in [0.1, 0.15) is 271 Å². The van der Waals surface area contributed by atoms with Gasteiger partial charge in [0, 0.05) is 12.8 Å². The minimum absolute atomic E-state index is 0.158. The lowest BCUT2D eigenvalue weighted by molar-refractivity contribution is -0.161. The highest BCUT2D eigenvalue weighted by molar-refractivity contribution is 7.47. The molecule has 0 amide bonds. The van der Waals surface area contributed by atoms with Crippen LogP contribution in [0.5, 0.6) is 0 Å². The van der Waals surface area contributed by atoms with Crippen molar-refractivity contribution in [3.63, 3.8) is 0 Å². The topological polar surface area (TPSA) is 172 Å². The second-order valence-corrected chi connectivity index (χ2v) is 20.5. The SMILES string of the molecule is CCCCCCC/C=C\C/C=C\CCCCCCCCCCCC(=O)OC(COC(=O)CCCCCCCCCCCCC/C=C\CCCCCCCCCC)COP(=O)(O)OCC(N)C(=O)O. The molecule has 0 aliphatic rings. The van der Waals surface area contributed by atoms with Crippen molar-refractivity contribution >= 4 is 25.7 Å². The molecule has 3 unspecified atom stereocenters. The average Bonchev–Trinajstić information content (AvgIpc) is 3.32.